The molecule has 1 unspecified atom stereocenters. The number of rotatable bonds is 3. The number of amides is 2. The number of carbonyl (C=O) groups excluding carboxylic acids is 2. The molecule has 2 aliphatic rings. The van der Waals surface area contributed by atoms with Crippen LogP contribution in [0.15, 0.2) is 42.5 Å². The molecule has 0 spiro atoms. The van der Waals surface area contributed by atoms with Crippen molar-refractivity contribution in [1.82, 2.24) is 5.32 Å². The molecule has 4 rings (SSSR count). The van der Waals surface area contributed by atoms with E-state index >= 15 is 0 Å². The normalized spacial score (nSPS) is 18.6. The standard InChI is InChI=1S/C20H20ClN3O2/c21-15-6-2-1-5-14(15)12-22-19(25)13-8-9-17-16(11-13)23-20(26)18-7-3-4-10-24(17)18/h1-2,5-6,8-9,11,18H,3-4,7,10,12H2,(H,22,25)(H,23,26). The first-order chi connectivity index (χ1) is 12.6. The Kier molecular flexibility index (Phi) is 4.55. The minimum Gasteiger partial charge on any atom is -0.358 e. The van der Waals surface area contributed by atoms with Gasteiger partial charge in [-0.05, 0) is 49.1 Å². The van der Waals surface area contributed by atoms with Crippen LogP contribution in [0.3, 0.4) is 0 Å². The Morgan fingerprint density at radius 1 is 1.23 bits per heavy atom. The molecule has 1 saturated heterocycles. The van der Waals surface area contributed by atoms with Gasteiger partial charge in [-0.2, -0.15) is 0 Å². The Labute approximate surface area is 157 Å². The molecule has 1 fully saturated rings. The summed E-state index contributed by atoms with van der Waals surface area (Å²) < 4.78 is 0. The molecule has 2 amide bonds. The summed E-state index contributed by atoms with van der Waals surface area (Å²) in [5.41, 5.74) is 3.09. The van der Waals surface area contributed by atoms with Crippen LogP contribution in [0.25, 0.3) is 0 Å². The molecule has 134 valence electrons. The third kappa shape index (κ3) is 3.15. The van der Waals surface area contributed by atoms with Crippen molar-refractivity contribution in [2.24, 2.45) is 0 Å². The molecule has 2 aromatic carbocycles. The van der Waals surface area contributed by atoms with Gasteiger partial charge in [0.1, 0.15) is 6.04 Å². The van der Waals surface area contributed by atoms with Crippen LogP contribution in [-0.2, 0) is 11.3 Å². The van der Waals surface area contributed by atoms with Crippen LogP contribution in [0.5, 0.6) is 0 Å². The zero-order valence-electron chi connectivity index (χ0n) is 14.3. The molecule has 0 radical (unpaired) electrons. The van der Waals surface area contributed by atoms with Gasteiger partial charge in [0, 0.05) is 23.7 Å². The molecule has 0 bridgehead atoms. The van der Waals surface area contributed by atoms with Crippen LogP contribution < -0.4 is 15.5 Å². The second-order valence-electron chi connectivity index (χ2n) is 6.70. The molecule has 2 heterocycles. The maximum atomic E-state index is 12.5. The Balaban J connectivity index is 1.52. The third-order valence-corrected chi connectivity index (χ3v) is 5.40. The van der Waals surface area contributed by atoms with Crippen LogP contribution in [-0.4, -0.2) is 24.4 Å². The van der Waals surface area contributed by atoms with Crippen molar-refractivity contribution in [2.45, 2.75) is 31.8 Å². The van der Waals surface area contributed by atoms with Crippen molar-refractivity contribution < 1.29 is 9.59 Å². The number of hydrogen-bond acceptors (Lipinski definition) is 3. The molecule has 0 saturated carbocycles. The Hall–Kier alpha value is -2.53. The van der Waals surface area contributed by atoms with Gasteiger partial charge in [-0.15, -0.1) is 0 Å². The van der Waals surface area contributed by atoms with Gasteiger partial charge >= 0.3 is 0 Å². The smallest absolute Gasteiger partial charge is 0.251 e. The van der Waals surface area contributed by atoms with Gasteiger partial charge in [-0.25, -0.2) is 0 Å². The molecule has 2 N–H and O–H groups in total. The molecular weight excluding hydrogens is 350 g/mol. The first-order valence-electron chi connectivity index (χ1n) is 8.86. The Bertz CT molecular complexity index is 868. The van der Waals surface area contributed by atoms with E-state index in [0.717, 1.165) is 37.1 Å². The van der Waals surface area contributed by atoms with Crippen molar-refractivity contribution in [1.29, 1.82) is 0 Å². The summed E-state index contributed by atoms with van der Waals surface area (Å²) in [7, 11) is 0. The number of nitrogens with zero attached hydrogens (tertiary/aromatic N) is 1. The van der Waals surface area contributed by atoms with Crippen LogP contribution in [0, 0.1) is 0 Å². The number of benzene rings is 2. The summed E-state index contributed by atoms with van der Waals surface area (Å²) in [6.45, 7) is 1.24. The third-order valence-electron chi connectivity index (χ3n) is 5.03. The number of halogens is 1. The van der Waals surface area contributed by atoms with Gasteiger partial charge < -0.3 is 15.5 Å². The summed E-state index contributed by atoms with van der Waals surface area (Å²) in [6, 6.07) is 12.8. The average Bonchev–Trinajstić information content (AvgIpc) is 2.67. The monoisotopic (exact) mass is 369 g/mol. The Morgan fingerprint density at radius 2 is 2.08 bits per heavy atom. The fourth-order valence-electron chi connectivity index (χ4n) is 3.66. The van der Waals surface area contributed by atoms with Crippen molar-refractivity contribution in [3.05, 3.63) is 58.6 Å². The molecule has 0 aliphatic carbocycles. The molecule has 2 aliphatic heterocycles. The summed E-state index contributed by atoms with van der Waals surface area (Å²) in [5, 5.41) is 6.46. The maximum absolute atomic E-state index is 12.5. The molecule has 1 atom stereocenters. The predicted molar refractivity (Wildman–Crippen MR) is 103 cm³/mol. The Morgan fingerprint density at radius 3 is 2.92 bits per heavy atom. The summed E-state index contributed by atoms with van der Waals surface area (Å²) in [6.07, 6.45) is 3.04. The van der Waals surface area contributed by atoms with Crippen LogP contribution in [0.2, 0.25) is 5.02 Å². The highest BCUT2D eigenvalue weighted by Gasteiger charge is 2.34. The van der Waals surface area contributed by atoms with E-state index in [1.807, 2.05) is 30.3 Å². The fraction of sp³-hybridized carbons (Fsp3) is 0.300. The second-order valence-corrected chi connectivity index (χ2v) is 7.11. The summed E-state index contributed by atoms with van der Waals surface area (Å²) in [5.74, 6) is -0.173. The van der Waals surface area contributed by atoms with E-state index in [0.29, 0.717) is 22.8 Å². The number of piperidine rings is 1. The van der Waals surface area contributed by atoms with Crippen LogP contribution in [0.4, 0.5) is 11.4 Å². The van der Waals surface area contributed by atoms with Crippen molar-refractivity contribution in [2.75, 3.05) is 16.8 Å². The molecular formula is C20H20ClN3O2. The second kappa shape index (κ2) is 7.00. The van der Waals surface area contributed by atoms with E-state index < -0.39 is 0 Å². The quantitative estimate of drug-likeness (QED) is 0.869. The van der Waals surface area contributed by atoms with Crippen molar-refractivity contribution in [3.8, 4) is 0 Å². The molecule has 6 heteroatoms. The fourth-order valence-corrected chi connectivity index (χ4v) is 3.86. The van der Waals surface area contributed by atoms with E-state index in [1.54, 1.807) is 12.1 Å². The highest BCUT2D eigenvalue weighted by atomic mass is 35.5. The minimum atomic E-state index is -0.192. The van der Waals surface area contributed by atoms with Gasteiger partial charge in [0.05, 0.1) is 11.4 Å². The van der Waals surface area contributed by atoms with Crippen molar-refractivity contribution in [3.63, 3.8) is 0 Å². The largest absolute Gasteiger partial charge is 0.358 e. The lowest BCUT2D eigenvalue weighted by Crippen LogP contribution is -2.50. The maximum Gasteiger partial charge on any atom is 0.251 e. The zero-order valence-corrected chi connectivity index (χ0v) is 15.1. The molecule has 2 aromatic rings. The predicted octanol–water partition coefficient (Wildman–Crippen LogP) is 3.58. The lowest BCUT2D eigenvalue weighted by Gasteiger charge is -2.41. The van der Waals surface area contributed by atoms with Gasteiger partial charge in [0.25, 0.3) is 5.91 Å². The topological polar surface area (TPSA) is 61.4 Å². The number of nitrogens with one attached hydrogen (secondary N) is 2. The summed E-state index contributed by atoms with van der Waals surface area (Å²) in [4.78, 5) is 27.0. The first-order valence-corrected chi connectivity index (χ1v) is 9.24. The minimum absolute atomic E-state index is 0.0193. The molecule has 5 nitrogen and oxygen atoms in total. The SMILES string of the molecule is O=C(NCc1ccccc1Cl)c1ccc2c(c1)NC(=O)C1CCCCN21. The first kappa shape index (κ1) is 16.9. The van der Waals surface area contributed by atoms with E-state index in [2.05, 4.69) is 15.5 Å². The van der Waals surface area contributed by atoms with Gasteiger partial charge in [0.15, 0.2) is 0 Å². The van der Waals surface area contributed by atoms with Gasteiger partial charge in [0.2, 0.25) is 5.91 Å². The number of hydrogen-bond donors (Lipinski definition) is 2. The summed E-state index contributed by atoms with van der Waals surface area (Å²) >= 11 is 6.13. The molecule has 0 aromatic heterocycles. The van der Waals surface area contributed by atoms with E-state index in [1.165, 1.54) is 0 Å². The van der Waals surface area contributed by atoms with Gasteiger partial charge in [-0.3, -0.25) is 9.59 Å². The van der Waals surface area contributed by atoms with E-state index in [-0.39, 0.29) is 17.9 Å². The number of carbonyl (C=O) groups is 2. The van der Waals surface area contributed by atoms with Crippen LogP contribution in [0.1, 0.15) is 35.2 Å². The highest BCUT2D eigenvalue weighted by Crippen LogP contribution is 2.36. The lowest BCUT2D eigenvalue weighted by molar-refractivity contribution is -0.118. The number of fused-ring (bicyclic) bond motifs is 3. The lowest BCUT2D eigenvalue weighted by atomic mass is 9.97. The van der Waals surface area contributed by atoms with E-state index in [4.69, 9.17) is 11.6 Å². The number of anilines is 2. The molecule has 26 heavy (non-hydrogen) atoms. The van der Waals surface area contributed by atoms with Crippen LogP contribution >= 0.6 is 11.6 Å². The average molecular weight is 370 g/mol. The highest BCUT2D eigenvalue weighted by molar-refractivity contribution is 6.31. The van der Waals surface area contributed by atoms with Crippen molar-refractivity contribution >= 4 is 34.8 Å². The van der Waals surface area contributed by atoms with Gasteiger partial charge in [-0.1, -0.05) is 29.8 Å². The van der Waals surface area contributed by atoms with E-state index in [9.17, 15) is 9.59 Å². The zero-order chi connectivity index (χ0) is 18.1.